The van der Waals surface area contributed by atoms with Gasteiger partial charge in [-0.1, -0.05) is 18.2 Å². The maximum atomic E-state index is 12.4. The fourth-order valence-electron chi connectivity index (χ4n) is 3.38. The molecular formula is C27H33N3O5S. The summed E-state index contributed by atoms with van der Waals surface area (Å²) in [5.74, 6) is 2.50. The highest BCUT2D eigenvalue weighted by molar-refractivity contribution is 7.80. The van der Waals surface area contributed by atoms with Gasteiger partial charge in [-0.2, -0.15) is 0 Å². The predicted molar refractivity (Wildman–Crippen MR) is 143 cm³/mol. The summed E-state index contributed by atoms with van der Waals surface area (Å²) in [5, 5.41) is 3.36. The second kappa shape index (κ2) is 13.4. The third kappa shape index (κ3) is 7.91. The Balaban J connectivity index is 1.41. The number of amides is 1. The van der Waals surface area contributed by atoms with Gasteiger partial charge in [-0.3, -0.25) is 15.6 Å². The van der Waals surface area contributed by atoms with Gasteiger partial charge in [0.2, 0.25) is 0 Å². The molecule has 8 nitrogen and oxygen atoms in total. The zero-order chi connectivity index (χ0) is 25.9. The Morgan fingerprint density at radius 1 is 0.889 bits per heavy atom. The molecule has 0 fully saturated rings. The molecular weight excluding hydrogens is 478 g/mol. The summed E-state index contributed by atoms with van der Waals surface area (Å²) in [6.45, 7) is 9.79. The lowest BCUT2D eigenvalue weighted by atomic mass is 10.1. The average molecular weight is 512 g/mol. The van der Waals surface area contributed by atoms with Crippen molar-refractivity contribution in [3.8, 4) is 17.2 Å². The van der Waals surface area contributed by atoms with Gasteiger partial charge >= 0.3 is 5.91 Å². The molecule has 36 heavy (non-hydrogen) atoms. The molecule has 0 aliphatic rings. The summed E-state index contributed by atoms with van der Waals surface area (Å²) in [5.41, 5.74) is 8.45. The second-order valence-corrected chi connectivity index (χ2v) is 8.46. The number of hydrogen-bond donors (Lipinski definition) is 3. The molecule has 1 amide bonds. The Kier molecular flexibility index (Phi) is 10.00. The van der Waals surface area contributed by atoms with Gasteiger partial charge in [0.15, 0.2) is 22.4 Å². The van der Waals surface area contributed by atoms with E-state index >= 15 is 0 Å². The molecule has 0 bridgehead atoms. The van der Waals surface area contributed by atoms with Gasteiger partial charge in [0.1, 0.15) is 18.1 Å². The van der Waals surface area contributed by atoms with E-state index in [0.717, 1.165) is 33.9 Å². The lowest BCUT2D eigenvalue weighted by molar-refractivity contribution is 0.0911. The maximum Gasteiger partial charge on any atom is 0.305 e. The number of nitrogens with one attached hydrogen (secondary N) is 3. The van der Waals surface area contributed by atoms with E-state index in [2.05, 4.69) is 16.2 Å². The van der Waals surface area contributed by atoms with Gasteiger partial charge in [0.05, 0.1) is 13.2 Å². The van der Waals surface area contributed by atoms with Crippen LogP contribution < -0.4 is 30.4 Å². The van der Waals surface area contributed by atoms with Crippen molar-refractivity contribution < 1.29 is 23.4 Å². The lowest BCUT2D eigenvalue weighted by Crippen LogP contribution is -2.47. The van der Waals surface area contributed by atoms with E-state index in [9.17, 15) is 4.79 Å². The van der Waals surface area contributed by atoms with E-state index in [1.165, 1.54) is 0 Å². The monoisotopic (exact) mass is 511 g/mol. The molecule has 0 unspecified atom stereocenters. The van der Waals surface area contributed by atoms with Crippen molar-refractivity contribution in [1.29, 1.82) is 0 Å². The molecule has 2 aromatic carbocycles. The number of ether oxygens (including phenoxy) is 3. The molecule has 3 rings (SSSR count). The van der Waals surface area contributed by atoms with Crippen LogP contribution in [0.4, 0.5) is 0 Å². The number of hydrogen-bond acceptors (Lipinski definition) is 6. The fraction of sp³-hybridized carbons (Fsp3) is 0.333. The molecule has 192 valence electrons. The first kappa shape index (κ1) is 26.9. The third-order valence-electron chi connectivity index (χ3n) is 5.20. The zero-order valence-electron chi connectivity index (χ0n) is 21.1. The summed E-state index contributed by atoms with van der Waals surface area (Å²) in [4.78, 5) is 12.4. The van der Waals surface area contributed by atoms with Crippen LogP contribution in [0.1, 0.15) is 46.9 Å². The van der Waals surface area contributed by atoms with Gasteiger partial charge in [-0.15, -0.1) is 0 Å². The molecule has 1 heterocycles. The minimum absolute atomic E-state index is 0.155. The number of carbonyl (C=O) groups excluding carboxylic acids is 1. The molecule has 0 saturated heterocycles. The van der Waals surface area contributed by atoms with E-state index in [4.69, 9.17) is 30.8 Å². The first-order chi connectivity index (χ1) is 17.4. The van der Waals surface area contributed by atoms with Crippen molar-refractivity contribution in [3.05, 3.63) is 76.7 Å². The van der Waals surface area contributed by atoms with Crippen LogP contribution in [0.5, 0.6) is 17.2 Å². The largest absolute Gasteiger partial charge is 0.490 e. The summed E-state index contributed by atoms with van der Waals surface area (Å²) >= 11 is 5.25. The zero-order valence-corrected chi connectivity index (χ0v) is 21.9. The molecule has 9 heteroatoms. The Morgan fingerprint density at radius 2 is 1.67 bits per heavy atom. The first-order valence-electron chi connectivity index (χ1n) is 11.9. The highest BCUT2D eigenvalue weighted by Crippen LogP contribution is 2.28. The summed E-state index contributed by atoms with van der Waals surface area (Å²) < 4.78 is 22.7. The molecule has 0 aliphatic heterocycles. The van der Waals surface area contributed by atoms with Crippen LogP contribution in [0.3, 0.4) is 0 Å². The summed E-state index contributed by atoms with van der Waals surface area (Å²) in [6, 6.07) is 15.2. The van der Waals surface area contributed by atoms with E-state index in [1.54, 1.807) is 12.1 Å². The fourth-order valence-corrected chi connectivity index (χ4v) is 3.53. The second-order valence-electron chi connectivity index (χ2n) is 8.06. The quantitative estimate of drug-likeness (QED) is 0.254. The van der Waals surface area contributed by atoms with Crippen molar-refractivity contribution in [3.63, 3.8) is 0 Å². The van der Waals surface area contributed by atoms with Crippen molar-refractivity contribution in [1.82, 2.24) is 16.2 Å². The van der Waals surface area contributed by atoms with Crippen LogP contribution in [0.2, 0.25) is 0 Å². The Morgan fingerprint density at radius 3 is 2.44 bits per heavy atom. The number of furan rings is 1. The van der Waals surface area contributed by atoms with Gasteiger partial charge in [-0.25, -0.2) is 0 Å². The minimum atomic E-state index is -0.440. The van der Waals surface area contributed by atoms with Crippen LogP contribution in [-0.4, -0.2) is 30.8 Å². The SMILES string of the molecule is CCOc1ccc(CCNC(=S)NNC(=O)c2ccc(COc3cc(C)ccc3C)o2)cc1OCC. The molecule has 0 aliphatic carbocycles. The van der Waals surface area contributed by atoms with Crippen molar-refractivity contribution in [2.75, 3.05) is 19.8 Å². The Bertz CT molecular complexity index is 1180. The average Bonchev–Trinajstić information content (AvgIpc) is 3.34. The number of aryl methyl sites for hydroxylation is 2. The van der Waals surface area contributed by atoms with E-state index < -0.39 is 5.91 Å². The highest BCUT2D eigenvalue weighted by Gasteiger charge is 2.12. The van der Waals surface area contributed by atoms with E-state index in [1.807, 2.05) is 64.1 Å². The normalized spacial score (nSPS) is 10.4. The van der Waals surface area contributed by atoms with Gasteiger partial charge in [-0.05, 0) is 93.4 Å². The molecule has 1 aromatic heterocycles. The molecule has 3 aromatic rings. The lowest BCUT2D eigenvalue weighted by Gasteiger charge is -2.13. The number of benzene rings is 2. The topological polar surface area (TPSA) is 94.0 Å². The number of rotatable bonds is 11. The predicted octanol–water partition coefficient (Wildman–Crippen LogP) is 4.62. The Labute approximate surface area is 217 Å². The van der Waals surface area contributed by atoms with E-state index in [-0.39, 0.29) is 12.4 Å². The van der Waals surface area contributed by atoms with Gasteiger partial charge in [0, 0.05) is 6.54 Å². The summed E-state index contributed by atoms with van der Waals surface area (Å²) in [7, 11) is 0. The number of carbonyl (C=O) groups is 1. The molecule has 0 atom stereocenters. The summed E-state index contributed by atoms with van der Waals surface area (Å²) in [6.07, 6.45) is 0.713. The molecule has 0 radical (unpaired) electrons. The first-order valence-corrected chi connectivity index (χ1v) is 12.3. The van der Waals surface area contributed by atoms with Crippen LogP contribution in [0.25, 0.3) is 0 Å². The van der Waals surface area contributed by atoms with Gasteiger partial charge in [0.25, 0.3) is 0 Å². The highest BCUT2D eigenvalue weighted by atomic mass is 32.1. The smallest absolute Gasteiger partial charge is 0.305 e. The van der Waals surface area contributed by atoms with Gasteiger partial charge < -0.3 is 23.9 Å². The van der Waals surface area contributed by atoms with Crippen LogP contribution in [-0.2, 0) is 13.0 Å². The standard InChI is InChI=1S/C27H33N3O5S/c1-5-32-22-11-9-20(16-25(22)33-6-2)13-14-28-27(36)30-29-26(31)23-12-10-21(35-23)17-34-24-15-18(3)7-8-19(24)4/h7-12,15-16H,5-6,13-14,17H2,1-4H3,(H,29,31)(H2,28,30,36). The van der Waals surface area contributed by atoms with Crippen LogP contribution in [0.15, 0.2) is 52.9 Å². The van der Waals surface area contributed by atoms with E-state index in [0.29, 0.717) is 37.1 Å². The number of hydrazine groups is 1. The third-order valence-corrected chi connectivity index (χ3v) is 5.44. The van der Waals surface area contributed by atoms with Crippen LogP contribution >= 0.6 is 12.2 Å². The molecule has 0 saturated carbocycles. The molecule has 3 N–H and O–H groups in total. The Hall–Kier alpha value is -3.72. The van der Waals surface area contributed by atoms with Crippen molar-refractivity contribution in [2.24, 2.45) is 0 Å². The molecule has 0 spiro atoms. The minimum Gasteiger partial charge on any atom is -0.490 e. The van der Waals surface area contributed by atoms with Crippen LogP contribution in [0, 0.1) is 13.8 Å². The number of thiocarbonyl (C=S) groups is 1. The maximum absolute atomic E-state index is 12.4. The van der Waals surface area contributed by atoms with Crippen molar-refractivity contribution >= 4 is 23.2 Å². The van der Waals surface area contributed by atoms with Crippen molar-refractivity contribution in [2.45, 2.75) is 40.7 Å².